The number of amides is 1. The van der Waals surface area contributed by atoms with E-state index in [0.717, 1.165) is 26.9 Å². The summed E-state index contributed by atoms with van der Waals surface area (Å²) < 4.78 is 31.5. The van der Waals surface area contributed by atoms with E-state index in [1.165, 1.54) is 13.2 Å². The van der Waals surface area contributed by atoms with Gasteiger partial charge in [-0.15, -0.1) is 0 Å². The van der Waals surface area contributed by atoms with E-state index in [2.05, 4.69) is 5.32 Å². The molecule has 0 radical (unpaired) electrons. The number of halogens is 1. The van der Waals surface area contributed by atoms with Crippen molar-refractivity contribution in [3.05, 3.63) is 71.2 Å². The molecule has 0 saturated heterocycles. The van der Waals surface area contributed by atoms with Gasteiger partial charge in [-0.25, -0.2) is 8.42 Å². The van der Waals surface area contributed by atoms with Gasteiger partial charge in [0.1, 0.15) is 11.8 Å². The zero-order valence-corrected chi connectivity index (χ0v) is 19.2. The van der Waals surface area contributed by atoms with Crippen LogP contribution in [0.25, 0.3) is 10.8 Å². The number of carbonyl (C=O) groups excluding carboxylic acids is 1. The monoisotopic (exact) mass is 460 g/mol. The molecule has 0 aromatic heterocycles. The molecule has 0 unspecified atom stereocenters. The van der Waals surface area contributed by atoms with E-state index in [1.54, 1.807) is 19.1 Å². The van der Waals surface area contributed by atoms with Crippen LogP contribution in [0.3, 0.4) is 0 Å². The number of benzene rings is 3. The first-order chi connectivity index (χ1) is 14.8. The Balaban J connectivity index is 1.88. The molecule has 164 valence electrons. The molecule has 6 nitrogen and oxygen atoms in total. The Morgan fingerprint density at radius 1 is 1.13 bits per heavy atom. The number of sulfonamides is 1. The van der Waals surface area contributed by atoms with Crippen LogP contribution in [0.1, 0.15) is 18.9 Å². The molecule has 0 fully saturated rings. The number of methoxy groups -OCH3 is 1. The van der Waals surface area contributed by atoms with Crippen molar-refractivity contribution in [3.8, 4) is 5.75 Å². The van der Waals surface area contributed by atoms with Crippen LogP contribution < -0.4 is 14.4 Å². The van der Waals surface area contributed by atoms with Gasteiger partial charge in [-0.3, -0.25) is 9.10 Å². The number of hydrogen-bond acceptors (Lipinski definition) is 4. The molecule has 0 saturated carbocycles. The van der Waals surface area contributed by atoms with Gasteiger partial charge < -0.3 is 10.1 Å². The molecule has 1 amide bonds. The molecule has 0 heterocycles. The molecular formula is C23H25ClN2O4S. The van der Waals surface area contributed by atoms with Crippen molar-refractivity contribution >= 4 is 44.0 Å². The predicted molar refractivity (Wildman–Crippen MR) is 125 cm³/mol. The van der Waals surface area contributed by atoms with Crippen LogP contribution in [0.5, 0.6) is 5.75 Å². The highest BCUT2D eigenvalue weighted by atomic mass is 35.5. The molecule has 31 heavy (non-hydrogen) atoms. The highest BCUT2D eigenvalue weighted by Crippen LogP contribution is 2.32. The zero-order chi connectivity index (χ0) is 22.6. The number of nitrogens with zero attached hydrogens (tertiary/aromatic N) is 1. The fraction of sp³-hybridized carbons (Fsp3) is 0.261. The molecule has 0 spiro atoms. The topological polar surface area (TPSA) is 75.7 Å². The summed E-state index contributed by atoms with van der Waals surface area (Å²) >= 11 is 6.20. The van der Waals surface area contributed by atoms with Gasteiger partial charge in [0, 0.05) is 6.54 Å². The molecular weight excluding hydrogens is 436 g/mol. The molecule has 8 heteroatoms. The van der Waals surface area contributed by atoms with Crippen molar-refractivity contribution in [2.75, 3.05) is 17.7 Å². The average Bonchev–Trinajstić information content (AvgIpc) is 2.74. The predicted octanol–water partition coefficient (Wildman–Crippen LogP) is 4.36. The molecule has 0 bridgehead atoms. The summed E-state index contributed by atoms with van der Waals surface area (Å²) in [5.41, 5.74) is 1.26. The van der Waals surface area contributed by atoms with E-state index in [9.17, 15) is 13.2 Å². The summed E-state index contributed by atoms with van der Waals surface area (Å²) in [4.78, 5) is 13.1. The SMILES string of the molecule is CC[C@@H](C(=O)NCc1cccc2ccccc12)N(c1ccc(OC)c(Cl)c1)S(C)(=O)=O. The molecule has 0 aliphatic heterocycles. The fourth-order valence-electron chi connectivity index (χ4n) is 3.60. The minimum atomic E-state index is -3.76. The largest absolute Gasteiger partial charge is 0.495 e. The number of fused-ring (bicyclic) bond motifs is 1. The summed E-state index contributed by atoms with van der Waals surface area (Å²) in [7, 11) is -2.28. The summed E-state index contributed by atoms with van der Waals surface area (Å²) in [6.07, 6.45) is 1.36. The lowest BCUT2D eigenvalue weighted by Crippen LogP contribution is -2.49. The lowest BCUT2D eigenvalue weighted by Gasteiger charge is -2.30. The molecule has 0 aliphatic carbocycles. The Bertz CT molecular complexity index is 1190. The number of nitrogens with one attached hydrogen (secondary N) is 1. The first-order valence-electron chi connectivity index (χ1n) is 9.83. The lowest BCUT2D eigenvalue weighted by molar-refractivity contribution is -0.122. The Morgan fingerprint density at radius 3 is 2.48 bits per heavy atom. The number of rotatable bonds is 8. The van der Waals surface area contributed by atoms with Crippen LogP contribution in [-0.2, 0) is 21.4 Å². The Morgan fingerprint density at radius 2 is 1.84 bits per heavy atom. The molecule has 1 N–H and O–H groups in total. The quantitative estimate of drug-likeness (QED) is 0.541. The second kappa shape index (κ2) is 9.58. The summed E-state index contributed by atoms with van der Waals surface area (Å²) in [6.45, 7) is 2.06. The van der Waals surface area contributed by atoms with Gasteiger partial charge in [-0.1, -0.05) is 61.0 Å². The summed E-state index contributed by atoms with van der Waals surface area (Å²) in [5, 5.41) is 5.28. The zero-order valence-electron chi connectivity index (χ0n) is 17.6. The van der Waals surface area contributed by atoms with Crippen molar-refractivity contribution in [2.24, 2.45) is 0 Å². The van der Waals surface area contributed by atoms with Crippen LogP contribution in [0.2, 0.25) is 5.02 Å². The number of hydrogen-bond donors (Lipinski definition) is 1. The highest BCUT2D eigenvalue weighted by molar-refractivity contribution is 7.92. The molecule has 3 aromatic rings. The first kappa shape index (κ1) is 22.9. The summed E-state index contributed by atoms with van der Waals surface area (Å²) in [6, 6.07) is 17.5. The van der Waals surface area contributed by atoms with Crippen molar-refractivity contribution in [1.82, 2.24) is 5.32 Å². The van der Waals surface area contributed by atoms with E-state index >= 15 is 0 Å². The van der Waals surface area contributed by atoms with E-state index in [-0.39, 0.29) is 23.9 Å². The van der Waals surface area contributed by atoms with E-state index < -0.39 is 16.1 Å². The maximum atomic E-state index is 13.1. The third-order valence-corrected chi connectivity index (χ3v) is 6.53. The maximum Gasteiger partial charge on any atom is 0.244 e. The number of carbonyl (C=O) groups is 1. The van der Waals surface area contributed by atoms with E-state index in [0.29, 0.717) is 11.4 Å². The van der Waals surface area contributed by atoms with Gasteiger partial charge >= 0.3 is 0 Å². The van der Waals surface area contributed by atoms with Gasteiger partial charge in [0.15, 0.2) is 0 Å². The van der Waals surface area contributed by atoms with Crippen LogP contribution in [0, 0.1) is 0 Å². The summed E-state index contributed by atoms with van der Waals surface area (Å²) in [5.74, 6) is 0.0418. The second-order valence-corrected chi connectivity index (χ2v) is 9.42. The first-order valence-corrected chi connectivity index (χ1v) is 12.1. The minimum absolute atomic E-state index is 0.264. The van der Waals surface area contributed by atoms with Crippen LogP contribution >= 0.6 is 11.6 Å². The van der Waals surface area contributed by atoms with Crippen molar-refractivity contribution in [1.29, 1.82) is 0 Å². The highest BCUT2D eigenvalue weighted by Gasteiger charge is 2.31. The third kappa shape index (κ3) is 5.11. The van der Waals surface area contributed by atoms with Crippen molar-refractivity contribution in [2.45, 2.75) is 25.9 Å². The minimum Gasteiger partial charge on any atom is -0.495 e. The van der Waals surface area contributed by atoms with Gasteiger partial charge in [-0.2, -0.15) is 0 Å². The molecule has 1 atom stereocenters. The molecule has 3 aromatic carbocycles. The maximum absolute atomic E-state index is 13.1. The lowest BCUT2D eigenvalue weighted by atomic mass is 10.0. The van der Waals surface area contributed by atoms with Crippen LogP contribution in [-0.4, -0.2) is 33.7 Å². The van der Waals surface area contributed by atoms with Crippen molar-refractivity contribution < 1.29 is 17.9 Å². The van der Waals surface area contributed by atoms with Gasteiger partial charge in [0.05, 0.1) is 24.1 Å². The fourth-order valence-corrected chi connectivity index (χ4v) is 5.05. The molecule has 0 aliphatic rings. The number of anilines is 1. The van der Waals surface area contributed by atoms with Gasteiger partial charge in [-0.05, 0) is 41.0 Å². The van der Waals surface area contributed by atoms with Gasteiger partial charge in [0.2, 0.25) is 15.9 Å². The third-order valence-electron chi connectivity index (χ3n) is 5.05. The van der Waals surface area contributed by atoms with Gasteiger partial charge in [0.25, 0.3) is 0 Å². The smallest absolute Gasteiger partial charge is 0.244 e. The normalized spacial score (nSPS) is 12.4. The Labute approximate surface area is 187 Å². The Hall–Kier alpha value is -2.77. The van der Waals surface area contributed by atoms with Crippen LogP contribution in [0.15, 0.2) is 60.7 Å². The van der Waals surface area contributed by atoms with Crippen LogP contribution in [0.4, 0.5) is 5.69 Å². The number of ether oxygens (including phenoxy) is 1. The van der Waals surface area contributed by atoms with E-state index in [1.807, 2.05) is 42.5 Å². The standard InChI is InChI=1S/C23H25ClN2O4S/c1-4-21(26(31(3,28)29)18-12-13-22(30-2)20(24)14-18)23(27)25-15-17-10-7-9-16-8-5-6-11-19(16)17/h5-14,21H,4,15H2,1-3H3,(H,25,27)/t21-/m0/s1. The van der Waals surface area contributed by atoms with E-state index in [4.69, 9.17) is 16.3 Å². The molecule has 3 rings (SSSR count). The second-order valence-electron chi connectivity index (χ2n) is 7.16. The Kier molecular flexibility index (Phi) is 7.08. The average molecular weight is 461 g/mol. The van der Waals surface area contributed by atoms with Crippen molar-refractivity contribution in [3.63, 3.8) is 0 Å².